The first kappa shape index (κ1) is 17.9. The molecular weight excluding hydrogens is 400 g/mol. The van der Waals surface area contributed by atoms with Crippen LogP contribution in [0.2, 0.25) is 5.02 Å². The number of aromatic nitrogens is 2. The van der Waals surface area contributed by atoms with E-state index in [-0.39, 0.29) is 0 Å². The highest BCUT2D eigenvalue weighted by atomic mass is 35.5. The molecule has 5 rings (SSSR count). The molecule has 0 spiro atoms. The first-order valence-electron chi connectivity index (χ1n) is 9.24. The maximum Gasteiger partial charge on any atom is 0.204 e. The molecule has 0 radical (unpaired) electrons. The van der Waals surface area contributed by atoms with Crippen molar-refractivity contribution in [2.75, 3.05) is 5.43 Å². The second-order valence-electron chi connectivity index (χ2n) is 6.68. The largest absolute Gasteiger partial charge is 0.342 e. The van der Waals surface area contributed by atoms with E-state index in [0.29, 0.717) is 6.54 Å². The molecule has 0 saturated carbocycles. The zero-order valence-corrected chi connectivity index (χ0v) is 17.0. The zero-order chi connectivity index (χ0) is 19.6. The summed E-state index contributed by atoms with van der Waals surface area (Å²) in [5.41, 5.74) is 7.32. The summed E-state index contributed by atoms with van der Waals surface area (Å²) < 4.78 is 3.34. The second-order valence-corrected chi connectivity index (χ2v) is 8.12. The molecule has 0 amide bonds. The fourth-order valence-electron chi connectivity index (χ4n) is 3.40. The molecule has 0 aliphatic carbocycles. The molecule has 2 heterocycles. The summed E-state index contributed by atoms with van der Waals surface area (Å²) in [4.78, 5) is 4.55. The van der Waals surface area contributed by atoms with Gasteiger partial charge in [0, 0.05) is 34.2 Å². The van der Waals surface area contributed by atoms with Crippen LogP contribution in [0.4, 0.5) is 5.13 Å². The van der Waals surface area contributed by atoms with Gasteiger partial charge in [-0.05, 0) is 29.8 Å². The molecule has 142 valence electrons. The Labute approximate surface area is 177 Å². The third-order valence-corrected chi connectivity index (χ3v) is 6.09. The van der Waals surface area contributed by atoms with E-state index >= 15 is 0 Å². The third-order valence-electron chi connectivity index (χ3n) is 4.78. The number of nitrogens with zero attached hydrogens (tertiary/aromatic N) is 3. The van der Waals surface area contributed by atoms with Crippen LogP contribution >= 0.6 is 22.9 Å². The summed E-state index contributed by atoms with van der Waals surface area (Å²) in [7, 11) is 0. The number of rotatable bonds is 5. The van der Waals surface area contributed by atoms with Gasteiger partial charge in [-0.3, -0.25) is 5.43 Å². The molecule has 6 heteroatoms. The Balaban J connectivity index is 1.44. The topological polar surface area (TPSA) is 42.2 Å². The molecule has 29 heavy (non-hydrogen) atoms. The van der Waals surface area contributed by atoms with E-state index in [9.17, 15) is 0 Å². The SMILES string of the molecule is Clc1ccccc1Cn1cc(/C=N/Nc2nc3ccccc3s2)c2ccccc21. The fraction of sp³-hybridized carbons (Fsp3) is 0.0435. The molecule has 0 aliphatic heterocycles. The number of thiazole rings is 1. The number of hydrogen-bond acceptors (Lipinski definition) is 4. The van der Waals surface area contributed by atoms with Gasteiger partial charge in [-0.15, -0.1) is 0 Å². The number of fused-ring (bicyclic) bond motifs is 2. The van der Waals surface area contributed by atoms with Gasteiger partial charge in [-0.25, -0.2) is 4.98 Å². The Kier molecular flexibility index (Phi) is 4.76. The molecule has 0 unspecified atom stereocenters. The van der Waals surface area contributed by atoms with Crippen LogP contribution in [-0.2, 0) is 6.54 Å². The number of nitrogens with one attached hydrogen (secondary N) is 1. The Hall–Kier alpha value is -3.15. The number of anilines is 1. The average molecular weight is 417 g/mol. The molecule has 3 aromatic carbocycles. The summed E-state index contributed by atoms with van der Waals surface area (Å²) in [5.74, 6) is 0. The highest BCUT2D eigenvalue weighted by Gasteiger charge is 2.09. The van der Waals surface area contributed by atoms with Crippen LogP contribution in [0.3, 0.4) is 0 Å². The van der Waals surface area contributed by atoms with Crippen LogP contribution in [0, 0.1) is 0 Å². The standard InChI is InChI=1S/C23H17ClN4S/c24-19-9-3-1-7-16(19)14-28-15-17(18-8-2-5-11-21(18)28)13-25-27-23-26-20-10-4-6-12-22(20)29-23/h1-13,15H,14H2,(H,26,27)/b25-13+. The maximum atomic E-state index is 6.36. The van der Waals surface area contributed by atoms with Gasteiger partial charge in [0.2, 0.25) is 5.13 Å². The lowest BCUT2D eigenvalue weighted by atomic mass is 10.2. The van der Waals surface area contributed by atoms with Crippen molar-refractivity contribution in [3.63, 3.8) is 0 Å². The first-order valence-corrected chi connectivity index (χ1v) is 10.4. The van der Waals surface area contributed by atoms with Gasteiger partial charge in [0.1, 0.15) is 0 Å². The maximum absolute atomic E-state index is 6.36. The Bertz CT molecular complexity index is 1300. The number of halogens is 1. The normalized spacial score (nSPS) is 11.6. The molecule has 0 aliphatic rings. The van der Waals surface area contributed by atoms with E-state index in [2.05, 4.69) is 50.5 Å². The van der Waals surface area contributed by atoms with Crippen molar-refractivity contribution in [1.82, 2.24) is 9.55 Å². The third kappa shape index (κ3) is 3.62. The van der Waals surface area contributed by atoms with Gasteiger partial charge < -0.3 is 4.57 Å². The molecule has 2 aromatic heterocycles. The van der Waals surface area contributed by atoms with E-state index in [1.165, 1.54) is 0 Å². The predicted octanol–water partition coefficient (Wildman–Crippen LogP) is 6.40. The van der Waals surface area contributed by atoms with Crippen LogP contribution in [0.1, 0.15) is 11.1 Å². The minimum absolute atomic E-state index is 0.708. The Morgan fingerprint density at radius 1 is 1.00 bits per heavy atom. The van der Waals surface area contributed by atoms with Crippen molar-refractivity contribution < 1.29 is 0 Å². The molecule has 4 nitrogen and oxygen atoms in total. The van der Waals surface area contributed by atoms with E-state index in [1.54, 1.807) is 11.3 Å². The van der Waals surface area contributed by atoms with Crippen molar-refractivity contribution in [3.05, 3.63) is 95.1 Å². The van der Waals surface area contributed by atoms with Crippen LogP contribution in [0.15, 0.2) is 84.1 Å². The molecule has 0 fully saturated rings. The number of benzene rings is 3. The minimum Gasteiger partial charge on any atom is -0.342 e. The quantitative estimate of drug-likeness (QED) is 0.266. The van der Waals surface area contributed by atoms with Gasteiger partial charge in [0.05, 0.1) is 16.4 Å². The number of hydrazone groups is 1. The Morgan fingerprint density at radius 2 is 1.79 bits per heavy atom. The summed E-state index contributed by atoms with van der Waals surface area (Å²) in [5, 5.41) is 7.13. The van der Waals surface area contributed by atoms with Crippen LogP contribution < -0.4 is 5.43 Å². The lowest BCUT2D eigenvalue weighted by molar-refractivity contribution is 0.836. The van der Waals surface area contributed by atoms with Crippen molar-refractivity contribution in [2.24, 2.45) is 5.10 Å². The van der Waals surface area contributed by atoms with E-state index in [1.807, 2.05) is 54.7 Å². The van der Waals surface area contributed by atoms with Crippen LogP contribution in [0.25, 0.3) is 21.1 Å². The number of hydrogen-bond donors (Lipinski definition) is 1. The highest BCUT2D eigenvalue weighted by Crippen LogP contribution is 2.26. The molecule has 5 aromatic rings. The van der Waals surface area contributed by atoms with E-state index in [0.717, 1.165) is 42.4 Å². The van der Waals surface area contributed by atoms with Gasteiger partial charge >= 0.3 is 0 Å². The Morgan fingerprint density at radius 3 is 2.69 bits per heavy atom. The zero-order valence-electron chi connectivity index (χ0n) is 15.4. The van der Waals surface area contributed by atoms with Gasteiger partial charge in [-0.2, -0.15) is 5.10 Å². The van der Waals surface area contributed by atoms with Crippen molar-refractivity contribution in [2.45, 2.75) is 6.54 Å². The highest BCUT2D eigenvalue weighted by molar-refractivity contribution is 7.22. The summed E-state index contributed by atoms with van der Waals surface area (Å²) in [6.45, 7) is 0.708. The average Bonchev–Trinajstić information content (AvgIpc) is 3.31. The van der Waals surface area contributed by atoms with Crippen molar-refractivity contribution in [1.29, 1.82) is 0 Å². The minimum atomic E-state index is 0.708. The van der Waals surface area contributed by atoms with Gasteiger partial charge in [0.25, 0.3) is 0 Å². The molecule has 1 N–H and O–H groups in total. The lowest BCUT2D eigenvalue weighted by Gasteiger charge is -2.07. The molecular formula is C23H17ClN4S. The molecule has 0 bridgehead atoms. The first-order chi connectivity index (χ1) is 14.3. The summed E-state index contributed by atoms with van der Waals surface area (Å²) in [6.07, 6.45) is 3.95. The van der Waals surface area contributed by atoms with Crippen LogP contribution in [-0.4, -0.2) is 15.8 Å². The summed E-state index contributed by atoms with van der Waals surface area (Å²) >= 11 is 7.95. The molecule has 0 atom stereocenters. The lowest BCUT2D eigenvalue weighted by Crippen LogP contribution is -1.98. The van der Waals surface area contributed by atoms with Crippen LogP contribution in [0.5, 0.6) is 0 Å². The predicted molar refractivity (Wildman–Crippen MR) is 123 cm³/mol. The fourth-order valence-corrected chi connectivity index (χ4v) is 4.41. The van der Waals surface area contributed by atoms with Gasteiger partial charge in [-0.1, -0.05) is 71.5 Å². The smallest absolute Gasteiger partial charge is 0.204 e. The number of para-hydroxylation sites is 2. The van der Waals surface area contributed by atoms with Gasteiger partial charge in [0.15, 0.2) is 0 Å². The van der Waals surface area contributed by atoms with E-state index in [4.69, 9.17) is 11.6 Å². The summed E-state index contributed by atoms with van der Waals surface area (Å²) in [6, 6.07) is 24.3. The van der Waals surface area contributed by atoms with E-state index < -0.39 is 0 Å². The second kappa shape index (κ2) is 7.70. The van der Waals surface area contributed by atoms with Crippen molar-refractivity contribution >= 4 is 55.4 Å². The van der Waals surface area contributed by atoms with Crippen molar-refractivity contribution in [3.8, 4) is 0 Å². The molecule has 0 saturated heterocycles. The monoisotopic (exact) mass is 416 g/mol.